The molecule has 2 N–H and O–H groups in total. The summed E-state index contributed by atoms with van der Waals surface area (Å²) in [6, 6.07) is 0.0170. The summed E-state index contributed by atoms with van der Waals surface area (Å²) >= 11 is 0. The first-order valence-electron chi connectivity index (χ1n) is 6.36. The quantitative estimate of drug-likeness (QED) is 0.810. The van der Waals surface area contributed by atoms with Crippen LogP contribution in [0.1, 0.15) is 52.9 Å². The Morgan fingerprint density at radius 2 is 1.71 bits per heavy atom. The fourth-order valence-electron chi connectivity index (χ4n) is 1.95. The van der Waals surface area contributed by atoms with E-state index in [0.717, 1.165) is 12.8 Å². The van der Waals surface area contributed by atoms with E-state index in [1.165, 1.54) is 0 Å². The number of hydrogen-bond acceptors (Lipinski definition) is 3. The molecule has 1 fully saturated rings. The largest absolute Gasteiger partial charge is 0.393 e. The van der Waals surface area contributed by atoms with E-state index >= 15 is 0 Å². The maximum Gasteiger partial charge on any atom is 0.211 e. The standard InChI is InChI=1S/C12H25NO3S/c1-12(2,3)8-9-17(15,16)13-10-4-6-11(14)7-5-10/h10-11,13-14H,4-9H2,1-3H3. The molecule has 0 aromatic rings. The van der Waals surface area contributed by atoms with E-state index < -0.39 is 10.0 Å². The maximum atomic E-state index is 11.9. The second-order valence-corrected chi connectivity index (χ2v) is 8.13. The summed E-state index contributed by atoms with van der Waals surface area (Å²) < 4.78 is 26.5. The van der Waals surface area contributed by atoms with Crippen LogP contribution in [0.4, 0.5) is 0 Å². The molecule has 5 heteroatoms. The van der Waals surface area contributed by atoms with Crippen molar-refractivity contribution in [3.8, 4) is 0 Å². The second kappa shape index (κ2) is 5.67. The summed E-state index contributed by atoms with van der Waals surface area (Å²) in [6.07, 6.45) is 3.31. The summed E-state index contributed by atoms with van der Waals surface area (Å²) in [6.45, 7) is 6.12. The van der Waals surface area contributed by atoms with E-state index in [0.29, 0.717) is 19.3 Å². The third-order valence-corrected chi connectivity index (χ3v) is 4.60. The van der Waals surface area contributed by atoms with Crippen LogP contribution in [0.25, 0.3) is 0 Å². The Hall–Kier alpha value is -0.130. The van der Waals surface area contributed by atoms with Crippen molar-refractivity contribution >= 4 is 10.0 Å². The molecule has 0 spiro atoms. The zero-order chi connectivity index (χ0) is 13.1. The predicted octanol–water partition coefficient (Wildman–Crippen LogP) is 1.65. The van der Waals surface area contributed by atoms with Gasteiger partial charge in [-0.25, -0.2) is 13.1 Å². The van der Waals surface area contributed by atoms with Crippen LogP contribution in [0.15, 0.2) is 0 Å². The van der Waals surface area contributed by atoms with Gasteiger partial charge in [-0.05, 0) is 37.5 Å². The van der Waals surface area contributed by atoms with Crippen LogP contribution in [-0.4, -0.2) is 31.4 Å². The Bertz CT molecular complexity index is 324. The molecule has 0 bridgehead atoms. The Kier molecular flexibility index (Phi) is 4.98. The van der Waals surface area contributed by atoms with Crippen LogP contribution in [0.2, 0.25) is 0 Å². The monoisotopic (exact) mass is 263 g/mol. The molecule has 0 amide bonds. The topological polar surface area (TPSA) is 66.4 Å². The Morgan fingerprint density at radius 1 is 1.18 bits per heavy atom. The van der Waals surface area contributed by atoms with Gasteiger partial charge in [-0.15, -0.1) is 0 Å². The van der Waals surface area contributed by atoms with Gasteiger partial charge in [0.2, 0.25) is 10.0 Å². The van der Waals surface area contributed by atoms with Gasteiger partial charge in [0, 0.05) is 6.04 Å². The van der Waals surface area contributed by atoms with Gasteiger partial charge in [0.15, 0.2) is 0 Å². The minimum Gasteiger partial charge on any atom is -0.393 e. The number of aliphatic hydroxyl groups is 1. The molecule has 1 aliphatic rings. The Balaban J connectivity index is 2.39. The molecular formula is C12H25NO3S. The van der Waals surface area contributed by atoms with Gasteiger partial charge in [-0.1, -0.05) is 20.8 Å². The summed E-state index contributed by atoms with van der Waals surface area (Å²) in [7, 11) is -3.16. The minimum atomic E-state index is -3.16. The van der Waals surface area contributed by atoms with E-state index in [2.05, 4.69) is 4.72 Å². The summed E-state index contributed by atoms with van der Waals surface area (Å²) in [5.74, 6) is 0.190. The third kappa shape index (κ3) is 6.38. The normalized spacial score (nSPS) is 27.1. The average Bonchev–Trinajstić information content (AvgIpc) is 2.18. The lowest BCUT2D eigenvalue weighted by atomic mass is 9.94. The van der Waals surface area contributed by atoms with E-state index in [-0.39, 0.29) is 23.3 Å². The van der Waals surface area contributed by atoms with Gasteiger partial charge >= 0.3 is 0 Å². The highest BCUT2D eigenvalue weighted by atomic mass is 32.2. The number of sulfonamides is 1. The van der Waals surface area contributed by atoms with Crippen LogP contribution in [0.3, 0.4) is 0 Å². The Labute approximate surface area is 105 Å². The number of rotatable bonds is 4. The molecule has 1 saturated carbocycles. The molecule has 1 rings (SSSR count). The van der Waals surface area contributed by atoms with Crippen molar-refractivity contribution in [2.75, 3.05) is 5.75 Å². The van der Waals surface area contributed by atoms with Crippen LogP contribution >= 0.6 is 0 Å². The minimum absolute atomic E-state index is 0.0170. The van der Waals surface area contributed by atoms with Gasteiger partial charge in [0.05, 0.1) is 11.9 Å². The molecular weight excluding hydrogens is 238 g/mol. The smallest absolute Gasteiger partial charge is 0.211 e. The molecule has 102 valence electrons. The summed E-state index contributed by atoms with van der Waals surface area (Å²) in [4.78, 5) is 0. The number of hydrogen-bond donors (Lipinski definition) is 2. The van der Waals surface area contributed by atoms with E-state index in [1.807, 2.05) is 20.8 Å². The lowest BCUT2D eigenvalue weighted by molar-refractivity contribution is 0.120. The number of aliphatic hydroxyl groups excluding tert-OH is 1. The van der Waals surface area contributed by atoms with E-state index in [4.69, 9.17) is 0 Å². The van der Waals surface area contributed by atoms with Crippen molar-refractivity contribution < 1.29 is 13.5 Å². The van der Waals surface area contributed by atoms with Crippen LogP contribution in [-0.2, 0) is 10.0 Å². The molecule has 0 atom stereocenters. The fourth-order valence-corrected chi connectivity index (χ4v) is 3.69. The zero-order valence-corrected chi connectivity index (χ0v) is 11.9. The van der Waals surface area contributed by atoms with Gasteiger partial charge in [-0.3, -0.25) is 0 Å². The van der Waals surface area contributed by atoms with Gasteiger partial charge < -0.3 is 5.11 Å². The third-order valence-electron chi connectivity index (χ3n) is 3.16. The molecule has 0 heterocycles. The van der Waals surface area contributed by atoms with Crippen molar-refractivity contribution in [3.05, 3.63) is 0 Å². The average molecular weight is 263 g/mol. The van der Waals surface area contributed by atoms with Gasteiger partial charge in [0.25, 0.3) is 0 Å². The van der Waals surface area contributed by atoms with Gasteiger partial charge in [-0.2, -0.15) is 0 Å². The van der Waals surface area contributed by atoms with Crippen LogP contribution in [0, 0.1) is 5.41 Å². The fraction of sp³-hybridized carbons (Fsp3) is 1.00. The summed E-state index contributed by atoms with van der Waals surface area (Å²) in [5, 5.41) is 9.36. The summed E-state index contributed by atoms with van der Waals surface area (Å²) in [5.41, 5.74) is 0.0392. The van der Waals surface area contributed by atoms with Gasteiger partial charge in [0.1, 0.15) is 0 Å². The molecule has 0 aromatic heterocycles. The zero-order valence-electron chi connectivity index (χ0n) is 11.1. The SMILES string of the molecule is CC(C)(C)CCS(=O)(=O)NC1CCC(O)CC1. The molecule has 1 aliphatic carbocycles. The van der Waals surface area contributed by atoms with E-state index in [9.17, 15) is 13.5 Å². The lowest BCUT2D eigenvalue weighted by Crippen LogP contribution is -2.40. The van der Waals surface area contributed by atoms with Crippen molar-refractivity contribution in [2.45, 2.75) is 65.0 Å². The molecule has 17 heavy (non-hydrogen) atoms. The second-order valence-electron chi connectivity index (χ2n) is 6.25. The highest BCUT2D eigenvalue weighted by Gasteiger charge is 2.24. The van der Waals surface area contributed by atoms with Crippen molar-refractivity contribution in [2.24, 2.45) is 5.41 Å². The van der Waals surface area contributed by atoms with Crippen LogP contribution in [0.5, 0.6) is 0 Å². The molecule has 0 unspecified atom stereocenters. The van der Waals surface area contributed by atoms with Crippen molar-refractivity contribution in [1.29, 1.82) is 0 Å². The maximum absolute atomic E-state index is 11.9. The van der Waals surface area contributed by atoms with Crippen LogP contribution < -0.4 is 4.72 Å². The lowest BCUT2D eigenvalue weighted by Gasteiger charge is -2.26. The molecule has 0 aromatic carbocycles. The molecule has 0 radical (unpaired) electrons. The first-order chi connectivity index (χ1) is 7.68. The Morgan fingerprint density at radius 3 is 2.18 bits per heavy atom. The molecule has 0 aliphatic heterocycles. The number of nitrogens with one attached hydrogen (secondary N) is 1. The highest BCUT2D eigenvalue weighted by molar-refractivity contribution is 7.89. The highest BCUT2D eigenvalue weighted by Crippen LogP contribution is 2.21. The molecule has 0 saturated heterocycles. The van der Waals surface area contributed by atoms with E-state index in [1.54, 1.807) is 0 Å². The predicted molar refractivity (Wildman–Crippen MR) is 69.3 cm³/mol. The first kappa shape index (κ1) is 14.9. The van der Waals surface area contributed by atoms with Crippen molar-refractivity contribution in [1.82, 2.24) is 4.72 Å². The van der Waals surface area contributed by atoms with Crippen molar-refractivity contribution in [3.63, 3.8) is 0 Å². The molecule has 4 nitrogen and oxygen atoms in total. The first-order valence-corrected chi connectivity index (χ1v) is 8.01.